The first-order chi connectivity index (χ1) is 7.04. The van der Waals surface area contributed by atoms with Crippen LogP contribution in [-0.2, 0) is 6.54 Å². The van der Waals surface area contributed by atoms with Crippen molar-refractivity contribution in [2.45, 2.75) is 40.7 Å². The molecule has 2 heteroatoms. The summed E-state index contributed by atoms with van der Waals surface area (Å²) >= 11 is 0. The smallest absolute Gasteiger partial charge is 0.166 e. The molecular weight excluding hydrogens is 186 g/mol. The molecule has 0 aromatic carbocycles. The molecule has 1 rings (SSSR count). The Morgan fingerprint density at radius 3 is 2.60 bits per heavy atom. The van der Waals surface area contributed by atoms with Crippen LogP contribution in [0.3, 0.4) is 0 Å². The van der Waals surface area contributed by atoms with E-state index in [1.54, 1.807) is 0 Å². The van der Waals surface area contributed by atoms with Crippen molar-refractivity contribution in [1.29, 1.82) is 0 Å². The monoisotopic (exact) mass is 207 g/mol. The second-order valence-corrected chi connectivity index (χ2v) is 4.63. The van der Waals surface area contributed by atoms with Gasteiger partial charge in [-0.15, -0.1) is 0 Å². The highest BCUT2D eigenvalue weighted by molar-refractivity contribution is 5.97. The predicted octanol–water partition coefficient (Wildman–Crippen LogP) is 3.37. The predicted molar refractivity (Wildman–Crippen MR) is 63.1 cm³/mol. The van der Waals surface area contributed by atoms with Crippen molar-refractivity contribution in [2.24, 2.45) is 11.8 Å². The van der Waals surface area contributed by atoms with Crippen molar-refractivity contribution in [2.75, 3.05) is 0 Å². The molecule has 0 radical (unpaired) electrons. The van der Waals surface area contributed by atoms with E-state index in [0.29, 0.717) is 5.92 Å². The zero-order valence-electron chi connectivity index (χ0n) is 10.2. The largest absolute Gasteiger partial charge is 0.353 e. The summed E-state index contributed by atoms with van der Waals surface area (Å²) in [5.74, 6) is 0.988. The van der Waals surface area contributed by atoms with Crippen LogP contribution in [0.4, 0.5) is 0 Å². The molecule has 2 nitrogen and oxygen atoms in total. The lowest BCUT2D eigenvalue weighted by molar-refractivity contribution is 0.0939. The Morgan fingerprint density at radius 1 is 1.40 bits per heavy atom. The third-order valence-corrected chi connectivity index (χ3v) is 2.78. The van der Waals surface area contributed by atoms with Crippen LogP contribution in [0.1, 0.15) is 44.5 Å². The molecule has 0 saturated carbocycles. The van der Waals surface area contributed by atoms with Gasteiger partial charge in [-0.2, -0.15) is 0 Å². The van der Waals surface area contributed by atoms with Crippen molar-refractivity contribution in [3.63, 3.8) is 0 Å². The molecule has 0 spiro atoms. The Morgan fingerprint density at radius 2 is 2.07 bits per heavy atom. The zero-order valence-corrected chi connectivity index (χ0v) is 10.2. The minimum absolute atomic E-state index is 0.0875. The van der Waals surface area contributed by atoms with Gasteiger partial charge in [-0.25, -0.2) is 0 Å². The Kier molecular flexibility index (Phi) is 4.13. The minimum atomic E-state index is 0.0875. The standard InChI is InChI=1S/C13H21NO/c1-5-11(4)8-14-7-6-12(9-14)13(15)10(2)3/h6-7,9-11H,5,8H2,1-4H3. The first-order valence-corrected chi connectivity index (χ1v) is 5.74. The molecule has 0 aliphatic heterocycles. The Hall–Kier alpha value is -1.05. The molecule has 0 aliphatic rings. The molecule has 0 bridgehead atoms. The van der Waals surface area contributed by atoms with Gasteiger partial charge in [-0.05, 0) is 12.0 Å². The van der Waals surface area contributed by atoms with Crippen LogP contribution in [-0.4, -0.2) is 10.4 Å². The Balaban J connectivity index is 2.68. The van der Waals surface area contributed by atoms with E-state index in [0.717, 1.165) is 12.1 Å². The number of Topliss-reactive ketones (excluding diaryl/α,β-unsaturated/α-hetero) is 1. The van der Waals surface area contributed by atoms with Gasteiger partial charge in [0.2, 0.25) is 0 Å². The van der Waals surface area contributed by atoms with Crippen molar-refractivity contribution in [3.8, 4) is 0 Å². The van der Waals surface area contributed by atoms with E-state index in [1.807, 2.05) is 32.3 Å². The topological polar surface area (TPSA) is 22.0 Å². The molecule has 1 atom stereocenters. The number of carbonyl (C=O) groups excluding carboxylic acids is 1. The van der Waals surface area contributed by atoms with E-state index in [4.69, 9.17) is 0 Å². The molecule has 0 amide bonds. The van der Waals surface area contributed by atoms with Crippen molar-refractivity contribution >= 4 is 5.78 Å². The quantitative estimate of drug-likeness (QED) is 0.678. The molecule has 0 N–H and O–H groups in total. The maximum Gasteiger partial charge on any atom is 0.166 e. The normalized spacial score (nSPS) is 13.1. The van der Waals surface area contributed by atoms with E-state index in [1.165, 1.54) is 6.42 Å². The van der Waals surface area contributed by atoms with Crippen LogP contribution in [0, 0.1) is 11.8 Å². The highest BCUT2D eigenvalue weighted by Crippen LogP contribution is 2.11. The number of rotatable bonds is 5. The molecular formula is C13H21NO. The lowest BCUT2D eigenvalue weighted by atomic mass is 10.0. The fourth-order valence-electron chi connectivity index (χ4n) is 1.52. The minimum Gasteiger partial charge on any atom is -0.353 e. The summed E-state index contributed by atoms with van der Waals surface area (Å²) in [6, 6.07) is 1.92. The van der Waals surface area contributed by atoms with Gasteiger partial charge in [0.25, 0.3) is 0 Å². The van der Waals surface area contributed by atoms with Gasteiger partial charge in [0.15, 0.2) is 5.78 Å². The molecule has 0 saturated heterocycles. The summed E-state index contributed by atoms with van der Waals surface area (Å²) < 4.78 is 2.11. The van der Waals surface area contributed by atoms with Crippen molar-refractivity contribution in [1.82, 2.24) is 4.57 Å². The summed E-state index contributed by atoms with van der Waals surface area (Å²) in [5.41, 5.74) is 0.841. The maximum absolute atomic E-state index is 11.7. The average Bonchev–Trinajstić information content (AvgIpc) is 2.64. The third-order valence-electron chi connectivity index (χ3n) is 2.78. The summed E-state index contributed by atoms with van der Waals surface area (Å²) in [6.07, 6.45) is 5.14. The van der Waals surface area contributed by atoms with Crippen LogP contribution >= 0.6 is 0 Å². The number of ketones is 1. The second kappa shape index (κ2) is 5.15. The fourth-order valence-corrected chi connectivity index (χ4v) is 1.52. The van der Waals surface area contributed by atoms with E-state index in [-0.39, 0.29) is 11.7 Å². The van der Waals surface area contributed by atoms with Crippen LogP contribution < -0.4 is 0 Å². The van der Waals surface area contributed by atoms with E-state index < -0.39 is 0 Å². The van der Waals surface area contributed by atoms with E-state index in [9.17, 15) is 4.79 Å². The molecule has 0 fully saturated rings. The molecule has 15 heavy (non-hydrogen) atoms. The van der Waals surface area contributed by atoms with Gasteiger partial charge in [-0.3, -0.25) is 4.79 Å². The third kappa shape index (κ3) is 3.22. The van der Waals surface area contributed by atoms with Gasteiger partial charge in [0.1, 0.15) is 0 Å². The second-order valence-electron chi connectivity index (χ2n) is 4.63. The van der Waals surface area contributed by atoms with Gasteiger partial charge in [0, 0.05) is 30.4 Å². The van der Waals surface area contributed by atoms with Crippen molar-refractivity contribution < 1.29 is 4.79 Å². The SMILES string of the molecule is CCC(C)Cn1ccc(C(=O)C(C)C)c1. The molecule has 0 aliphatic carbocycles. The first kappa shape index (κ1) is 12.0. The number of hydrogen-bond acceptors (Lipinski definition) is 1. The number of nitrogens with zero attached hydrogens (tertiary/aromatic N) is 1. The van der Waals surface area contributed by atoms with Crippen LogP contribution in [0.5, 0.6) is 0 Å². The van der Waals surface area contributed by atoms with Crippen LogP contribution in [0.15, 0.2) is 18.5 Å². The molecule has 84 valence electrons. The molecule has 1 aromatic heterocycles. The summed E-state index contributed by atoms with van der Waals surface area (Å²) in [4.78, 5) is 11.7. The highest BCUT2D eigenvalue weighted by atomic mass is 16.1. The maximum atomic E-state index is 11.7. The lowest BCUT2D eigenvalue weighted by Gasteiger charge is -2.08. The van der Waals surface area contributed by atoms with E-state index >= 15 is 0 Å². The Labute approximate surface area is 92.3 Å². The fraction of sp³-hybridized carbons (Fsp3) is 0.615. The van der Waals surface area contributed by atoms with Gasteiger partial charge in [0.05, 0.1) is 0 Å². The highest BCUT2D eigenvalue weighted by Gasteiger charge is 2.11. The Bertz CT molecular complexity index is 325. The van der Waals surface area contributed by atoms with Gasteiger partial charge in [-0.1, -0.05) is 34.1 Å². The lowest BCUT2D eigenvalue weighted by Crippen LogP contribution is -2.07. The van der Waals surface area contributed by atoms with E-state index in [2.05, 4.69) is 18.4 Å². The van der Waals surface area contributed by atoms with Crippen LogP contribution in [0.2, 0.25) is 0 Å². The molecule has 1 aromatic rings. The van der Waals surface area contributed by atoms with Crippen molar-refractivity contribution in [3.05, 3.63) is 24.0 Å². The number of hydrogen-bond donors (Lipinski definition) is 0. The first-order valence-electron chi connectivity index (χ1n) is 5.74. The van der Waals surface area contributed by atoms with Crippen LogP contribution in [0.25, 0.3) is 0 Å². The zero-order chi connectivity index (χ0) is 11.4. The summed E-state index contributed by atoms with van der Waals surface area (Å²) in [6.45, 7) is 9.29. The molecule has 1 heterocycles. The summed E-state index contributed by atoms with van der Waals surface area (Å²) in [7, 11) is 0. The summed E-state index contributed by atoms with van der Waals surface area (Å²) in [5, 5.41) is 0. The number of carbonyl (C=O) groups is 1. The number of aromatic nitrogens is 1. The van der Waals surface area contributed by atoms with Gasteiger partial charge < -0.3 is 4.57 Å². The average molecular weight is 207 g/mol. The van der Waals surface area contributed by atoms with Gasteiger partial charge >= 0.3 is 0 Å². The molecule has 1 unspecified atom stereocenters.